The van der Waals surface area contributed by atoms with Crippen molar-refractivity contribution in [2.45, 2.75) is 13.8 Å². The monoisotopic (exact) mass is 334 g/mol. The summed E-state index contributed by atoms with van der Waals surface area (Å²) in [6.45, 7) is 3.85. The maximum Gasteiger partial charge on any atom is 0.406 e. The zero-order valence-electron chi connectivity index (χ0n) is 12.4. The lowest BCUT2D eigenvalue weighted by atomic mass is 10.1. The summed E-state index contributed by atoms with van der Waals surface area (Å²) in [6.07, 6.45) is 0.482. The Morgan fingerprint density at radius 1 is 1.38 bits per heavy atom. The van der Waals surface area contributed by atoms with Crippen LogP contribution in [0.15, 0.2) is 12.1 Å². The fraction of sp³-hybridized carbons (Fsp3) is 0.462. The number of carbonyl (C=O) groups is 1. The van der Waals surface area contributed by atoms with Gasteiger partial charge in [-0.3, -0.25) is 4.31 Å². The highest BCUT2D eigenvalue weighted by Crippen LogP contribution is 2.32. The van der Waals surface area contributed by atoms with Crippen LogP contribution in [0.2, 0.25) is 5.02 Å². The summed E-state index contributed by atoms with van der Waals surface area (Å²) < 4.78 is 29.6. The molecule has 0 bridgehead atoms. The zero-order valence-corrected chi connectivity index (χ0v) is 14.0. The molecule has 0 aliphatic rings. The number of rotatable bonds is 5. The molecule has 0 aromatic heterocycles. The molecule has 21 heavy (non-hydrogen) atoms. The molecule has 1 rings (SSSR count). The number of hydrogen-bond donors (Lipinski definition) is 1. The van der Waals surface area contributed by atoms with Crippen molar-refractivity contribution in [2.75, 3.05) is 30.8 Å². The molecule has 0 fully saturated rings. The lowest BCUT2D eigenvalue weighted by Crippen LogP contribution is -2.38. The predicted molar refractivity (Wildman–Crippen MR) is 83.5 cm³/mol. The third-order valence-electron chi connectivity index (χ3n) is 2.82. The molecule has 0 unspecified atom stereocenters. The van der Waals surface area contributed by atoms with Gasteiger partial charge in [0.05, 0.1) is 30.6 Å². The Morgan fingerprint density at radius 3 is 2.48 bits per heavy atom. The Labute approximate surface area is 130 Å². The normalized spacial score (nSPS) is 11.1. The van der Waals surface area contributed by atoms with Crippen LogP contribution in [-0.2, 0) is 14.8 Å². The second-order valence-electron chi connectivity index (χ2n) is 4.67. The predicted octanol–water partition coefficient (Wildman–Crippen LogP) is 2.08. The number of alkyl carbamates (subject to hydrolysis) is 1. The van der Waals surface area contributed by atoms with E-state index in [1.807, 2.05) is 13.0 Å². The maximum atomic E-state index is 12.0. The molecule has 6 nitrogen and oxygen atoms in total. The molecule has 1 aromatic rings. The minimum absolute atomic E-state index is 0.0670. The van der Waals surface area contributed by atoms with Crippen LogP contribution in [0, 0.1) is 13.8 Å². The van der Waals surface area contributed by atoms with E-state index in [1.165, 1.54) is 11.4 Å². The lowest BCUT2D eigenvalue weighted by Gasteiger charge is -2.25. The van der Waals surface area contributed by atoms with Crippen molar-refractivity contribution in [1.29, 1.82) is 0 Å². The van der Waals surface area contributed by atoms with Crippen LogP contribution in [0.3, 0.4) is 0 Å². The van der Waals surface area contributed by atoms with Crippen LogP contribution in [-0.4, -0.2) is 41.0 Å². The first-order valence-electron chi connectivity index (χ1n) is 6.23. The van der Waals surface area contributed by atoms with Crippen molar-refractivity contribution in [1.82, 2.24) is 5.32 Å². The number of methoxy groups -OCH3 is 1. The summed E-state index contributed by atoms with van der Waals surface area (Å²) in [4.78, 5) is 11.0. The Hall–Kier alpha value is -1.47. The average molecular weight is 335 g/mol. The van der Waals surface area contributed by atoms with Gasteiger partial charge in [0.1, 0.15) is 0 Å². The van der Waals surface area contributed by atoms with Gasteiger partial charge in [0, 0.05) is 6.54 Å². The van der Waals surface area contributed by atoms with Gasteiger partial charge < -0.3 is 10.1 Å². The minimum Gasteiger partial charge on any atom is -0.453 e. The molecule has 0 radical (unpaired) electrons. The quantitative estimate of drug-likeness (QED) is 0.894. The van der Waals surface area contributed by atoms with Crippen molar-refractivity contribution in [3.8, 4) is 0 Å². The number of sulfonamides is 1. The molecule has 0 atom stereocenters. The fourth-order valence-electron chi connectivity index (χ4n) is 2.00. The van der Waals surface area contributed by atoms with E-state index in [1.54, 1.807) is 13.0 Å². The van der Waals surface area contributed by atoms with Gasteiger partial charge in [-0.1, -0.05) is 17.7 Å². The molecule has 0 saturated carbocycles. The third kappa shape index (κ3) is 4.78. The van der Waals surface area contributed by atoms with E-state index in [0.717, 1.165) is 17.4 Å². The van der Waals surface area contributed by atoms with Crippen molar-refractivity contribution >= 4 is 33.4 Å². The van der Waals surface area contributed by atoms with Gasteiger partial charge in [-0.25, -0.2) is 13.2 Å². The summed E-state index contributed by atoms with van der Waals surface area (Å²) in [6, 6.07) is 3.56. The van der Waals surface area contributed by atoms with Crippen LogP contribution in [0.5, 0.6) is 0 Å². The number of carbonyl (C=O) groups excluding carboxylic acids is 1. The smallest absolute Gasteiger partial charge is 0.406 e. The highest BCUT2D eigenvalue weighted by molar-refractivity contribution is 7.92. The van der Waals surface area contributed by atoms with E-state index in [4.69, 9.17) is 11.6 Å². The van der Waals surface area contributed by atoms with Crippen molar-refractivity contribution < 1.29 is 17.9 Å². The molecule has 0 heterocycles. The number of ether oxygens (including phenoxy) is 1. The number of nitrogens with one attached hydrogen (secondary N) is 1. The highest BCUT2D eigenvalue weighted by Gasteiger charge is 2.22. The summed E-state index contributed by atoms with van der Waals surface area (Å²) in [7, 11) is -2.28. The standard InChI is InChI=1S/C13H19ClN2O4S/c1-9-7-10(2)12(11(14)8-9)16(21(4,18)19)6-5-15-13(17)20-3/h7-8H,5-6H2,1-4H3,(H,15,17). The number of aryl methyl sites for hydroxylation is 2. The van der Waals surface area contributed by atoms with Gasteiger partial charge in [-0.15, -0.1) is 0 Å². The first-order valence-corrected chi connectivity index (χ1v) is 8.45. The molecule has 0 spiro atoms. The van der Waals surface area contributed by atoms with Crippen molar-refractivity contribution in [2.24, 2.45) is 0 Å². The number of amides is 1. The molecule has 0 saturated heterocycles. The van der Waals surface area contributed by atoms with Gasteiger partial charge in [0.2, 0.25) is 10.0 Å². The van der Waals surface area contributed by atoms with Crippen LogP contribution in [0.25, 0.3) is 0 Å². The Bertz CT molecular complexity index is 608. The Balaban J connectivity index is 3.08. The van der Waals surface area contributed by atoms with E-state index in [-0.39, 0.29) is 13.1 Å². The largest absolute Gasteiger partial charge is 0.453 e. The van der Waals surface area contributed by atoms with Crippen molar-refractivity contribution in [3.63, 3.8) is 0 Å². The second-order valence-corrected chi connectivity index (χ2v) is 6.98. The Morgan fingerprint density at radius 2 is 2.00 bits per heavy atom. The summed E-state index contributed by atoms with van der Waals surface area (Å²) in [5, 5.41) is 2.80. The van der Waals surface area contributed by atoms with E-state index in [9.17, 15) is 13.2 Å². The highest BCUT2D eigenvalue weighted by atomic mass is 35.5. The average Bonchev–Trinajstić information content (AvgIpc) is 2.34. The minimum atomic E-state index is -3.52. The zero-order chi connectivity index (χ0) is 16.2. The van der Waals surface area contributed by atoms with Crippen molar-refractivity contribution in [3.05, 3.63) is 28.3 Å². The van der Waals surface area contributed by atoms with E-state index >= 15 is 0 Å². The molecule has 1 amide bonds. The van der Waals surface area contributed by atoms with Crippen LogP contribution < -0.4 is 9.62 Å². The molecule has 8 heteroatoms. The number of halogens is 1. The number of anilines is 1. The topological polar surface area (TPSA) is 75.7 Å². The molecule has 118 valence electrons. The second kappa shape index (κ2) is 7.00. The summed E-state index contributed by atoms with van der Waals surface area (Å²) in [5.41, 5.74) is 2.13. The molecular weight excluding hydrogens is 316 g/mol. The maximum absolute atomic E-state index is 12.0. The fourth-order valence-corrected chi connectivity index (χ4v) is 3.47. The first-order chi connectivity index (χ1) is 9.66. The van der Waals surface area contributed by atoms with Gasteiger partial charge in [-0.2, -0.15) is 0 Å². The summed E-state index contributed by atoms with van der Waals surface area (Å²) >= 11 is 6.19. The number of hydrogen-bond acceptors (Lipinski definition) is 4. The number of nitrogens with zero attached hydrogens (tertiary/aromatic N) is 1. The SMILES string of the molecule is COC(=O)NCCN(c1c(C)cc(C)cc1Cl)S(C)(=O)=O. The molecular formula is C13H19ClN2O4S. The van der Waals surface area contributed by atoms with Gasteiger partial charge in [0.15, 0.2) is 0 Å². The molecule has 0 aliphatic carbocycles. The van der Waals surface area contributed by atoms with E-state index in [2.05, 4.69) is 10.1 Å². The Kier molecular flexibility index (Phi) is 5.86. The van der Waals surface area contributed by atoms with Gasteiger partial charge in [-0.05, 0) is 31.0 Å². The molecule has 1 aromatic carbocycles. The third-order valence-corrected chi connectivity index (χ3v) is 4.27. The lowest BCUT2D eigenvalue weighted by molar-refractivity contribution is 0.171. The van der Waals surface area contributed by atoms with Crippen LogP contribution in [0.1, 0.15) is 11.1 Å². The van der Waals surface area contributed by atoms with Gasteiger partial charge >= 0.3 is 6.09 Å². The molecule has 0 aliphatic heterocycles. The molecule has 1 N–H and O–H groups in total. The van der Waals surface area contributed by atoms with E-state index in [0.29, 0.717) is 10.7 Å². The first kappa shape index (κ1) is 17.6. The summed E-state index contributed by atoms with van der Waals surface area (Å²) in [5.74, 6) is 0. The van der Waals surface area contributed by atoms with Crippen LogP contribution >= 0.6 is 11.6 Å². The van der Waals surface area contributed by atoms with E-state index < -0.39 is 16.1 Å². The number of benzene rings is 1. The van der Waals surface area contributed by atoms with Crippen LogP contribution in [0.4, 0.5) is 10.5 Å². The van der Waals surface area contributed by atoms with Gasteiger partial charge in [0.25, 0.3) is 0 Å².